The van der Waals surface area contributed by atoms with E-state index >= 15 is 0 Å². The summed E-state index contributed by atoms with van der Waals surface area (Å²) in [5, 5.41) is 0. The predicted molar refractivity (Wildman–Crippen MR) is 82.9 cm³/mol. The average Bonchev–Trinajstić information content (AvgIpc) is 2.96. The molecule has 0 saturated carbocycles. The summed E-state index contributed by atoms with van der Waals surface area (Å²) >= 11 is 5.49. The number of carbonyl (C=O) groups is 2. The zero-order valence-corrected chi connectivity index (χ0v) is 14.7. The molecular weight excluding hydrogens is 310 g/mol. The SMILES string of the molecule is CC(C)(C)OC(=O)N1C[Si]2(CCCC2)C[C@@H]1C(=O)OCCl. The van der Waals surface area contributed by atoms with Gasteiger partial charge < -0.3 is 9.47 Å². The van der Waals surface area contributed by atoms with Crippen molar-refractivity contribution >= 4 is 31.7 Å². The number of halogens is 1. The van der Waals surface area contributed by atoms with Crippen LogP contribution >= 0.6 is 11.6 Å². The van der Waals surface area contributed by atoms with Crippen molar-refractivity contribution in [3.05, 3.63) is 0 Å². The minimum absolute atomic E-state index is 0.175. The Labute approximate surface area is 131 Å². The predicted octanol–water partition coefficient (Wildman–Crippen LogP) is 3.13. The van der Waals surface area contributed by atoms with E-state index in [9.17, 15) is 9.59 Å². The lowest BCUT2D eigenvalue weighted by molar-refractivity contribution is -0.146. The zero-order chi connectivity index (χ0) is 15.7. The Bertz CT molecular complexity index is 418. The number of hydrogen-bond donors (Lipinski definition) is 0. The number of alkyl halides is 1. The van der Waals surface area contributed by atoms with Gasteiger partial charge in [0.25, 0.3) is 0 Å². The van der Waals surface area contributed by atoms with E-state index in [1.807, 2.05) is 20.8 Å². The molecule has 2 aliphatic heterocycles. The van der Waals surface area contributed by atoms with Gasteiger partial charge in [0, 0.05) is 6.17 Å². The number of hydrogen-bond acceptors (Lipinski definition) is 4. The van der Waals surface area contributed by atoms with Crippen molar-refractivity contribution in [1.29, 1.82) is 0 Å². The Morgan fingerprint density at radius 2 is 1.90 bits per heavy atom. The molecule has 1 spiro atoms. The van der Waals surface area contributed by atoms with Crippen molar-refractivity contribution in [2.24, 2.45) is 0 Å². The molecular formula is C14H24ClNO4Si. The van der Waals surface area contributed by atoms with Gasteiger partial charge in [-0.3, -0.25) is 4.90 Å². The van der Waals surface area contributed by atoms with Gasteiger partial charge in [0.05, 0.1) is 8.07 Å². The Kier molecular flexibility index (Phi) is 4.88. The van der Waals surface area contributed by atoms with Crippen LogP contribution in [-0.4, -0.2) is 48.9 Å². The van der Waals surface area contributed by atoms with Crippen LogP contribution in [0.1, 0.15) is 33.6 Å². The van der Waals surface area contributed by atoms with E-state index in [1.54, 1.807) is 4.90 Å². The van der Waals surface area contributed by atoms with Crippen LogP contribution in [0.15, 0.2) is 0 Å². The first-order chi connectivity index (χ1) is 9.76. The van der Waals surface area contributed by atoms with Gasteiger partial charge >= 0.3 is 12.1 Å². The molecule has 0 aliphatic carbocycles. The van der Waals surface area contributed by atoms with E-state index in [4.69, 9.17) is 21.1 Å². The van der Waals surface area contributed by atoms with Crippen molar-refractivity contribution in [3.8, 4) is 0 Å². The number of rotatable bonds is 2. The second-order valence-electron chi connectivity index (χ2n) is 7.11. The summed E-state index contributed by atoms with van der Waals surface area (Å²) in [7, 11) is -1.54. The first-order valence-electron chi connectivity index (χ1n) is 7.49. The molecule has 120 valence electrons. The molecule has 5 nitrogen and oxygen atoms in total. The van der Waals surface area contributed by atoms with Crippen molar-refractivity contribution < 1.29 is 19.1 Å². The summed E-state index contributed by atoms with van der Waals surface area (Å²) in [5.41, 5.74) is -0.564. The average molecular weight is 334 g/mol. The second-order valence-corrected chi connectivity index (χ2v) is 12.1. The van der Waals surface area contributed by atoms with Crippen molar-refractivity contribution in [2.45, 2.75) is 63.4 Å². The lowest BCUT2D eigenvalue weighted by Crippen LogP contribution is -2.44. The van der Waals surface area contributed by atoms with E-state index in [0.717, 1.165) is 6.04 Å². The third-order valence-corrected chi connectivity index (χ3v) is 9.47. The molecule has 7 heteroatoms. The number of nitrogens with zero attached hydrogens (tertiary/aromatic N) is 1. The quantitative estimate of drug-likeness (QED) is 0.442. The Morgan fingerprint density at radius 1 is 1.29 bits per heavy atom. The summed E-state index contributed by atoms with van der Waals surface area (Å²) in [4.78, 5) is 26.1. The Morgan fingerprint density at radius 3 is 2.43 bits per heavy atom. The molecule has 0 radical (unpaired) electrons. The number of amides is 1. The van der Waals surface area contributed by atoms with Crippen molar-refractivity contribution in [1.82, 2.24) is 4.90 Å². The maximum absolute atomic E-state index is 12.4. The van der Waals surface area contributed by atoms with E-state index in [2.05, 4.69) is 0 Å². The Balaban J connectivity index is 2.14. The van der Waals surface area contributed by atoms with Crippen LogP contribution in [0.25, 0.3) is 0 Å². The standard InChI is InChI=1S/C14H24ClNO4Si/c1-14(2,3)20-13(18)16-10-21(6-4-5-7-21)8-11(16)12(17)19-9-15/h11H,4-10H2,1-3H3/t11-/m1/s1. The molecule has 2 heterocycles. The highest BCUT2D eigenvalue weighted by atomic mass is 35.5. The van der Waals surface area contributed by atoms with E-state index < -0.39 is 31.8 Å². The first kappa shape index (κ1) is 16.6. The molecule has 2 aliphatic rings. The van der Waals surface area contributed by atoms with E-state index in [0.29, 0.717) is 6.17 Å². The fourth-order valence-electron chi connectivity index (χ4n) is 3.42. The third kappa shape index (κ3) is 3.91. The molecule has 0 unspecified atom stereocenters. The van der Waals surface area contributed by atoms with Crippen LogP contribution in [0, 0.1) is 0 Å². The molecule has 2 fully saturated rings. The van der Waals surface area contributed by atoms with Gasteiger partial charge in [-0.05, 0) is 26.8 Å². The van der Waals surface area contributed by atoms with Gasteiger partial charge in [0.15, 0.2) is 6.07 Å². The zero-order valence-electron chi connectivity index (χ0n) is 13.0. The van der Waals surface area contributed by atoms with Crippen LogP contribution < -0.4 is 0 Å². The molecule has 2 saturated heterocycles. The van der Waals surface area contributed by atoms with Gasteiger partial charge in [0.1, 0.15) is 11.6 Å². The smallest absolute Gasteiger partial charge is 0.410 e. The van der Waals surface area contributed by atoms with Crippen molar-refractivity contribution in [3.63, 3.8) is 0 Å². The molecule has 21 heavy (non-hydrogen) atoms. The number of ether oxygens (including phenoxy) is 2. The summed E-state index contributed by atoms with van der Waals surface area (Å²) in [5.74, 6) is -0.396. The molecule has 0 aromatic heterocycles. The highest BCUT2D eigenvalue weighted by Gasteiger charge is 2.52. The molecule has 0 bridgehead atoms. The van der Waals surface area contributed by atoms with Crippen LogP contribution in [-0.2, 0) is 14.3 Å². The van der Waals surface area contributed by atoms with Crippen LogP contribution in [0.4, 0.5) is 4.79 Å². The van der Waals surface area contributed by atoms with Gasteiger partial charge in [0.2, 0.25) is 0 Å². The minimum Gasteiger partial charge on any atom is -0.448 e. The fraction of sp³-hybridized carbons (Fsp3) is 0.857. The first-order valence-corrected chi connectivity index (χ1v) is 10.8. The molecule has 0 N–H and O–H groups in total. The van der Waals surface area contributed by atoms with Gasteiger partial charge in [-0.1, -0.05) is 36.5 Å². The molecule has 0 aromatic rings. The second kappa shape index (κ2) is 6.16. The molecule has 1 amide bonds. The minimum atomic E-state index is -1.54. The lowest BCUT2D eigenvalue weighted by atomic mass is 10.2. The maximum Gasteiger partial charge on any atom is 0.410 e. The molecule has 0 aromatic carbocycles. The monoisotopic (exact) mass is 333 g/mol. The molecule has 2 rings (SSSR count). The topological polar surface area (TPSA) is 55.8 Å². The number of esters is 1. The van der Waals surface area contributed by atoms with Crippen LogP contribution in [0.5, 0.6) is 0 Å². The van der Waals surface area contributed by atoms with E-state index in [-0.39, 0.29) is 6.07 Å². The molecule has 1 atom stereocenters. The largest absolute Gasteiger partial charge is 0.448 e. The van der Waals surface area contributed by atoms with Crippen LogP contribution in [0.3, 0.4) is 0 Å². The summed E-state index contributed by atoms with van der Waals surface area (Å²) < 4.78 is 10.4. The maximum atomic E-state index is 12.4. The number of carbonyl (C=O) groups excluding carboxylic acids is 2. The summed E-state index contributed by atoms with van der Waals surface area (Å²) in [6, 6.07) is 2.49. The van der Waals surface area contributed by atoms with Gasteiger partial charge in [-0.2, -0.15) is 0 Å². The Hall–Kier alpha value is -0.753. The van der Waals surface area contributed by atoms with Crippen LogP contribution in [0.2, 0.25) is 18.1 Å². The highest BCUT2D eigenvalue weighted by Crippen LogP contribution is 2.41. The fourth-order valence-corrected chi connectivity index (χ4v) is 8.91. The van der Waals surface area contributed by atoms with E-state index in [1.165, 1.54) is 24.9 Å². The summed E-state index contributed by atoms with van der Waals surface area (Å²) in [6.07, 6.45) is 2.73. The van der Waals surface area contributed by atoms with Gasteiger partial charge in [-0.15, -0.1) is 0 Å². The highest BCUT2D eigenvalue weighted by molar-refractivity contribution is 6.82. The normalized spacial score (nSPS) is 24.4. The summed E-state index contributed by atoms with van der Waals surface area (Å²) in [6.45, 7) is 5.49. The third-order valence-electron chi connectivity index (χ3n) is 4.27. The van der Waals surface area contributed by atoms with Gasteiger partial charge in [-0.25, -0.2) is 9.59 Å². The van der Waals surface area contributed by atoms with Crippen molar-refractivity contribution in [2.75, 3.05) is 12.2 Å². The lowest BCUT2D eigenvalue weighted by Gasteiger charge is -2.28.